The number of carbonyl (C=O) groups is 4. The minimum Gasteiger partial charge on any atom is -0.465 e. The molecule has 4 aromatic carbocycles. The standard InChI is InChI=1S/C56H67FN10O6/c1-33(2)48(62-54(70)71)52(68)65-27-9-13-46(65)50-58-40-21-15-35(31-42(40)60-50)44-23-24-45(67(44)39-19-17-38(18-20-39)64-29-25-56(57,26-30-64)37-11-7-6-8-12-37)36-16-22-41-43(32-36)61-51(59-41)47-14-10-28-66(47)53(69)49(34(3)4)63-55(72)73-5/h6-8,11-12,15-22,31-34,44-49,62H,9-10,13-14,23-30H2,1-5H3,(H,58,60)(H,59,61)(H,63,72)(H,70,71)/t44-,45-,46+,47+,48?,49?/m1/s1. The Labute approximate surface area is 425 Å². The summed E-state index contributed by atoms with van der Waals surface area (Å²) >= 11 is 0. The normalized spacial score (nSPS) is 21.9. The van der Waals surface area contributed by atoms with Crippen LogP contribution in [-0.2, 0) is 20.0 Å². The minimum atomic E-state index is -1.35. The number of piperidine rings is 1. The lowest BCUT2D eigenvalue weighted by molar-refractivity contribution is -0.136. The van der Waals surface area contributed by atoms with E-state index in [9.17, 15) is 24.3 Å². The molecule has 4 fully saturated rings. The molecule has 10 rings (SSSR count). The number of nitrogens with one attached hydrogen (secondary N) is 4. The lowest BCUT2D eigenvalue weighted by Gasteiger charge is -2.38. The molecule has 6 aromatic rings. The van der Waals surface area contributed by atoms with E-state index in [1.165, 1.54) is 7.11 Å². The number of rotatable bonds is 13. The molecule has 16 nitrogen and oxygen atoms in total. The second-order valence-corrected chi connectivity index (χ2v) is 21.1. The Morgan fingerprint density at radius 1 is 0.658 bits per heavy atom. The Morgan fingerprint density at radius 2 is 1.15 bits per heavy atom. The van der Waals surface area contributed by atoms with Crippen molar-refractivity contribution in [2.75, 3.05) is 43.1 Å². The van der Waals surface area contributed by atoms with Crippen molar-refractivity contribution < 1.29 is 33.4 Å². The highest BCUT2D eigenvalue weighted by molar-refractivity contribution is 5.87. The number of hydrogen-bond donors (Lipinski definition) is 5. The third-order valence-electron chi connectivity index (χ3n) is 15.9. The van der Waals surface area contributed by atoms with E-state index in [1.807, 2.05) is 69.0 Å². The Bertz CT molecular complexity index is 2970. The highest BCUT2D eigenvalue weighted by atomic mass is 19.1. The van der Waals surface area contributed by atoms with Crippen LogP contribution in [0.15, 0.2) is 91.0 Å². The fourth-order valence-corrected chi connectivity index (χ4v) is 12.0. The van der Waals surface area contributed by atoms with Crippen LogP contribution in [-0.4, -0.2) is 104 Å². The number of aromatic nitrogens is 4. The van der Waals surface area contributed by atoms with Crippen molar-refractivity contribution in [1.29, 1.82) is 0 Å². The number of methoxy groups -OCH3 is 1. The summed E-state index contributed by atoms with van der Waals surface area (Å²) in [6.45, 7) is 9.80. The zero-order valence-corrected chi connectivity index (χ0v) is 42.3. The number of likely N-dealkylation sites (tertiary alicyclic amines) is 2. The van der Waals surface area contributed by atoms with Crippen LogP contribution in [0.3, 0.4) is 0 Å². The third kappa shape index (κ3) is 9.77. The predicted molar refractivity (Wildman–Crippen MR) is 278 cm³/mol. The van der Waals surface area contributed by atoms with E-state index in [2.05, 4.69) is 85.0 Å². The van der Waals surface area contributed by atoms with Gasteiger partial charge in [0.05, 0.1) is 53.3 Å². The third-order valence-corrected chi connectivity index (χ3v) is 15.9. The van der Waals surface area contributed by atoms with Crippen molar-refractivity contribution in [2.45, 2.75) is 121 Å². The maximum absolute atomic E-state index is 16.2. The summed E-state index contributed by atoms with van der Waals surface area (Å²) in [5, 5.41) is 14.7. The van der Waals surface area contributed by atoms with Gasteiger partial charge in [0.25, 0.3) is 0 Å². The molecule has 0 spiro atoms. The number of alkyl carbamates (subject to hydrolysis) is 1. The molecule has 6 atom stereocenters. The number of aromatic amines is 2. The molecule has 4 aliphatic rings. The van der Waals surface area contributed by atoms with E-state index < -0.39 is 29.9 Å². The number of hydrogen-bond acceptors (Lipinski definition) is 9. The fourth-order valence-electron chi connectivity index (χ4n) is 12.0. The first kappa shape index (κ1) is 49.4. The molecule has 73 heavy (non-hydrogen) atoms. The van der Waals surface area contributed by atoms with E-state index in [4.69, 9.17) is 14.7 Å². The first-order valence-electron chi connectivity index (χ1n) is 26.0. The van der Waals surface area contributed by atoms with Gasteiger partial charge in [-0.15, -0.1) is 0 Å². The number of H-pyrrole nitrogens is 2. The van der Waals surface area contributed by atoms with Crippen molar-refractivity contribution >= 4 is 57.4 Å². The zero-order chi connectivity index (χ0) is 51.1. The molecule has 6 heterocycles. The molecule has 4 amide bonds. The molecule has 4 saturated heterocycles. The summed E-state index contributed by atoms with van der Waals surface area (Å²) in [5.41, 5.74) is 7.10. The van der Waals surface area contributed by atoms with E-state index in [1.54, 1.807) is 4.90 Å². The number of anilines is 2. The van der Waals surface area contributed by atoms with Gasteiger partial charge in [-0.25, -0.2) is 23.9 Å². The molecule has 0 bridgehead atoms. The van der Waals surface area contributed by atoms with Crippen LogP contribution in [0.25, 0.3) is 22.1 Å². The summed E-state index contributed by atoms with van der Waals surface area (Å²) in [7, 11) is 1.29. The van der Waals surface area contributed by atoms with E-state index in [0.717, 1.165) is 94.5 Å². The maximum Gasteiger partial charge on any atom is 0.407 e. The van der Waals surface area contributed by atoms with Crippen molar-refractivity contribution in [3.8, 4) is 0 Å². The molecule has 0 radical (unpaired) electrons. The lowest BCUT2D eigenvalue weighted by Crippen LogP contribution is -2.51. The fraction of sp³-hybridized carbons (Fsp3) is 0.464. The minimum absolute atomic E-state index is 0.0137. The van der Waals surface area contributed by atoms with Gasteiger partial charge in [-0.1, -0.05) is 70.2 Å². The quantitative estimate of drug-likeness (QED) is 0.0744. The predicted octanol–water partition coefficient (Wildman–Crippen LogP) is 9.99. The number of amides is 4. The molecular weight excluding hydrogens is 928 g/mol. The molecule has 5 N–H and O–H groups in total. The van der Waals surface area contributed by atoms with Crippen LogP contribution in [0, 0.1) is 11.8 Å². The summed E-state index contributed by atoms with van der Waals surface area (Å²) < 4.78 is 21.1. The summed E-state index contributed by atoms with van der Waals surface area (Å²) in [5.74, 6) is 0.641. The molecule has 4 aliphatic heterocycles. The van der Waals surface area contributed by atoms with Gasteiger partial charge in [0.2, 0.25) is 11.8 Å². The molecule has 0 aliphatic carbocycles. The average Bonchev–Trinajstić information content (AvgIpc) is 4.26. The average molecular weight is 995 g/mol. The van der Waals surface area contributed by atoms with Crippen LogP contribution in [0.2, 0.25) is 0 Å². The van der Waals surface area contributed by atoms with Crippen LogP contribution in [0.5, 0.6) is 0 Å². The van der Waals surface area contributed by atoms with Crippen LogP contribution < -0.4 is 20.4 Å². The lowest BCUT2D eigenvalue weighted by atomic mass is 9.86. The Balaban J connectivity index is 0.944. The van der Waals surface area contributed by atoms with Gasteiger partial charge < -0.3 is 50.0 Å². The highest BCUT2D eigenvalue weighted by Crippen LogP contribution is 2.49. The number of nitrogens with zero attached hydrogens (tertiary/aromatic N) is 6. The SMILES string of the molecule is COC(=O)NC(C(=O)N1CCC[C@H]1c1nc2ccc([C@H]3CC[C@H](c4ccc5nc([C@@H]6CCCN6C(=O)C(NC(=O)O)C(C)C)[nH]c5c4)N3c3ccc(N4CCC(F)(c5ccccc5)CC4)cc3)cc2[nH]1)C(C)C. The first-order valence-corrected chi connectivity index (χ1v) is 26.0. The Hall–Kier alpha value is -7.17. The number of carboxylic acid groups (broad SMARTS) is 1. The van der Waals surface area contributed by atoms with Gasteiger partial charge in [0.1, 0.15) is 29.4 Å². The van der Waals surface area contributed by atoms with Gasteiger partial charge >= 0.3 is 12.2 Å². The second-order valence-electron chi connectivity index (χ2n) is 21.1. The van der Waals surface area contributed by atoms with E-state index >= 15 is 4.39 Å². The van der Waals surface area contributed by atoms with Gasteiger partial charge in [-0.05, 0) is 116 Å². The topological polar surface area (TPSA) is 192 Å². The number of benzene rings is 4. The zero-order valence-electron chi connectivity index (χ0n) is 42.3. The number of fused-ring (bicyclic) bond motifs is 2. The van der Waals surface area contributed by atoms with Crippen molar-refractivity contribution in [3.05, 3.63) is 119 Å². The van der Waals surface area contributed by atoms with E-state index in [0.29, 0.717) is 44.8 Å². The molecule has 2 aromatic heterocycles. The summed E-state index contributed by atoms with van der Waals surface area (Å²) in [6.07, 6.45) is 3.77. The van der Waals surface area contributed by atoms with Gasteiger partial charge in [-0.2, -0.15) is 0 Å². The maximum atomic E-state index is 16.2. The van der Waals surface area contributed by atoms with Crippen LogP contribution >= 0.6 is 0 Å². The van der Waals surface area contributed by atoms with E-state index in [-0.39, 0.29) is 47.8 Å². The molecule has 2 unspecified atom stereocenters. The number of halogens is 1. The van der Waals surface area contributed by atoms with Crippen LogP contribution in [0.4, 0.5) is 25.4 Å². The largest absolute Gasteiger partial charge is 0.465 e. The highest BCUT2D eigenvalue weighted by Gasteiger charge is 2.41. The van der Waals surface area contributed by atoms with Crippen molar-refractivity contribution in [2.24, 2.45) is 11.8 Å². The van der Waals surface area contributed by atoms with Crippen LogP contribution in [0.1, 0.15) is 132 Å². The summed E-state index contributed by atoms with van der Waals surface area (Å²) in [6, 6.07) is 28.8. The summed E-state index contributed by atoms with van der Waals surface area (Å²) in [4.78, 5) is 77.3. The van der Waals surface area contributed by atoms with Crippen molar-refractivity contribution in [1.82, 2.24) is 40.4 Å². The molecule has 17 heteroatoms. The number of alkyl halides is 1. The smallest absolute Gasteiger partial charge is 0.407 e. The first-order chi connectivity index (χ1) is 35.2. The Kier molecular flexibility index (Phi) is 13.8. The Morgan fingerprint density at radius 3 is 1.63 bits per heavy atom. The molecular formula is C56H67FN10O6. The van der Waals surface area contributed by atoms with Gasteiger partial charge in [0.15, 0.2) is 0 Å². The van der Waals surface area contributed by atoms with Crippen molar-refractivity contribution in [3.63, 3.8) is 0 Å². The molecule has 0 saturated carbocycles. The monoisotopic (exact) mass is 995 g/mol. The van der Waals surface area contributed by atoms with Gasteiger partial charge in [0, 0.05) is 50.4 Å². The number of imidazole rings is 2. The molecule has 384 valence electrons. The number of carbonyl (C=O) groups excluding carboxylic acids is 3. The second kappa shape index (κ2) is 20.4. The number of ether oxygens (including phenoxy) is 1. The van der Waals surface area contributed by atoms with Gasteiger partial charge in [-0.3, -0.25) is 9.59 Å².